The van der Waals surface area contributed by atoms with E-state index in [9.17, 15) is 9.59 Å². The van der Waals surface area contributed by atoms with E-state index in [0.717, 1.165) is 0 Å². The van der Waals surface area contributed by atoms with Crippen molar-refractivity contribution in [1.82, 2.24) is 10.6 Å². The highest BCUT2D eigenvalue weighted by Gasteiger charge is 2.32. The van der Waals surface area contributed by atoms with Gasteiger partial charge in [-0.25, -0.2) is 4.79 Å². The smallest absolute Gasteiger partial charge is 0.408 e. The van der Waals surface area contributed by atoms with Gasteiger partial charge < -0.3 is 20.1 Å². The molecule has 2 N–H and O–H groups in total. The molecule has 0 saturated heterocycles. The lowest BCUT2D eigenvalue weighted by Gasteiger charge is -2.29. The predicted molar refractivity (Wildman–Crippen MR) is 102 cm³/mol. The number of carbonyl (C=O) groups excluding carboxylic acids is 2. The molecule has 2 amide bonds. The van der Waals surface area contributed by atoms with E-state index >= 15 is 0 Å². The molecule has 0 spiro atoms. The summed E-state index contributed by atoms with van der Waals surface area (Å²) in [5.41, 5.74) is -1.22. The molecule has 0 aliphatic carbocycles. The van der Waals surface area contributed by atoms with Gasteiger partial charge in [-0.15, -0.1) is 0 Å². The van der Waals surface area contributed by atoms with Crippen LogP contribution >= 0.6 is 0 Å². The summed E-state index contributed by atoms with van der Waals surface area (Å²) in [5, 5.41) is 14.3. The van der Waals surface area contributed by atoms with Gasteiger partial charge in [0.25, 0.3) is 0 Å². The number of hydrogen-bond donors (Lipinski definition) is 2. The molecule has 0 heterocycles. The van der Waals surface area contributed by atoms with Gasteiger partial charge in [0.15, 0.2) is 0 Å². The topological polar surface area (TPSA) is 100 Å². The average molecular weight is 375 g/mol. The van der Waals surface area contributed by atoms with Crippen molar-refractivity contribution in [2.24, 2.45) is 0 Å². The molecule has 7 nitrogen and oxygen atoms in total. The Kier molecular flexibility index (Phi) is 7.65. The van der Waals surface area contributed by atoms with Gasteiger partial charge in [-0.2, -0.15) is 5.26 Å². The van der Waals surface area contributed by atoms with E-state index in [1.807, 2.05) is 13.0 Å². The molecule has 0 unspecified atom stereocenters. The van der Waals surface area contributed by atoms with E-state index in [1.54, 1.807) is 58.9 Å². The van der Waals surface area contributed by atoms with E-state index in [4.69, 9.17) is 14.7 Å². The monoisotopic (exact) mass is 375 g/mol. The summed E-state index contributed by atoms with van der Waals surface area (Å²) in [5.74, 6) is 0.288. The first kappa shape index (κ1) is 22.3. The summed E-state index contributed by atoms with van der Waals surface area (Å²) >= 11 is 0. The van der Waals surface area contributed by atoms with Crippen molar-refractivity contribution >= 4 is 12.0 Å². The molecule has 0 aromatic heterocycles. The third kappa shape index (κ3) is 7.99. The summed E-state index contributed by atoms with van der Waals surface area (Å²) < 4.78 is 10.9. The van der Waals surface area contributed by atoms with E-state index in [1.165, 1.54) is 0 Å². The highest BCUT2D eigenvalue weighted by molar-refractivity contribution is 5.89. The number of hydrogen-bond acceptors (Lipinski definition) is 5. The highest BCUT2D eigenvalue weighted by Crippen LogP contribution is 2.13. The van der Waals surface area contributed by atoms with Crippen molar-refractivity contribution in [2.75, 3.05) is 6.61 Å². The molecule has 7 heteroatoms. The van der Waals surface area contributed by atoms with E-state index < -0.39 is 17.2 Å². The minimum atomic E-state index is -1.13. The van der Waals surface area contributed by atoms with Crippen LogP contribution in [0.4, 0.5) is 4.79 Å². The Morgan fingerprint density at radius 3 is 2.22 bits per heavy atom. The van der Waals surface area contributed by atoms with Gasteiger partial charge in [0.2, 0.25) is 5.91 Å². The van der Waals surface area contributed by atoms with Gasteiger partial charge >= 0.3 is 6.09 Å². The maximum Gasteiger partial charge on any atom is 0.408 e. The fraction of sp³-hybridized carbons (Fsp3) is 0.550. The molecule has 0 radical (unpaired) electrons. The van der Waals surface area contributed by atoms with Crippen LogP contribution in [0, 0.1) is 11.3 Å². The van der Waals surface area contributed by atoms with Gasteiger partial charge in [-0.1, -0.05) is 6.92 Å². The van der Waals surface area contributed by atoms with Crippen LogP contribution < -0.4 is 15.4 Å². The number of alkyl carbamates (subject to hydrolysis) is 1. The Hall–Kier alpha value is -2.75. The minimum Gasteiger partial charge on any atom is -0.491 e. The van der Waals surface area contributed by atoms with Gasteiger partial charge in [0.05, 0.1) is 17.7 Å². The van der Waals surface area contributed by atoms with Crippen molar-refractivity contribution in [3.05, 3.63) is 29.8 Å². The quantitative estimate of drug-likeness (QED) is 0.762. The molecule has 1 aromatic carbocycles. The third-order valence-corrected chi connectivity index (χ3v) is 3.64. The Balaban J connectivity index is 2.59. The van der Waals surface area contributed by atoms with Gasteiger partial charge in [0, 0.05) is 0 Å². The zero-order valence-corrected chi connectivity index (χ0v) is 16.9. The molecular weight excluding hydrogens is 346 g/mol. The molecular formula is C20H29N3O4. The largest absolute Gasteiger partial charge is 0.491 e. The molecule has 0 fully saturated rings. The lowest BCUT2D eigenvalue weighted by molar-refractivity contribution is -0.127. The van der Waals surface area contributed by atoms with Crippen LogP contribution in [0.3, 0.4) is 0 Å². The van der Waals surface area contributed by atoms with E-state index in [2.05, 4.69) is 10.6 Å². The standard InChI is InChI=1S/C20H29N3O4/c1-7-15(13-26-16-10-8-14(12-21)9-11-16)22-17(24)20(5,6)23-18(25)27-19(2,3)4/h8-11,15H,7,13H2,1-6H3,(H,22,24)(H,23,25)/t15-/m1/s1. The fourth-order valence-electron chi connectivity index (χ4n) is 2.07. The first-order valence-corrected chi connectivity index (χ1v) is 8.92. The summed E-state index contributed by atoms with van der Waals surface area (Å²) in [4.78, 5) is 24.5. The molecule has 1 aromatic rings. The first-order valence-electron chi connectivity index (χ1n) is 8.92. The van der Waals surface area contributed by atoms with Crippen LogP contribution in [0.25, 0.3) is 0 Å². The molecule has 0 aliphatic rings. The molecule has 0 saturated carbocycles. The van der Waals surface area contributed by atoms with Crippen LogP contribution in [-0.4, -0.2) is 35.8 Å². The molecule has 1 atom stereocenters. The number of carbonyl (C=O) groups is 2. The van der Waals surface area contributed by atoms with Crippen LogP contribution in [-0.2, 0) is 9.53 Å². The van der Waals surface area contributed by atoms with Gasteiger partial charge in [-0.05, 0) is 65.3 Å². The van der Waals surface area contributed by atoms with Gasteiger partial charge in [-0.3, -0.25) is 4.79 Å². The number of nitrogens with zero attached hydrogens (tertiary/aromatic N) is 1. The van der Waals surface area contributed by atoms with Crippen molar-refractivity contribution in [3.63, 3.8) is 0 Å². The van der Waals surface area contributed by atoms with Crippen LogP contribution in [0.5, 0.6) is 5.75 Å². The van der Waals surface area contributed by atoms with Crippen LogP contribution in [0.1, 0.15) is 53.5 Å². The zero-order valence-electron chi connectivity index (χ0n) is 16.9. The molecule has 27 heavy (non-hydrogen) atoms. The first-order chi connectivity index (χ1) is 12.5. The molecule has 0 aliphatic heterocycles. The number of nitrogens with one attached hydrogen (secondary N) is 2. The van der Waals surface area contributed by atoms with Crippen molar-refractivity contribution < 1.29 is 19.1 Å². The highest BCUT2D eigenvalue weighted by atomic mass is 16.6. The molecule has 0 bridgehead atoms. The van der Waals surface area contributed by atoms with Crippen molar-refractivity contribution in [3.8, 4) is 11.8 Å². The zero-order chi connectivity index (χ0) is 20.7. The van der Waals surface area contributed by atoms with E-state index in [0.29, 0.717) is 17.7 Å². The number of benzene rings is 1. The maximum absolute atomic E-state index is 12.6. The van der Waals surface area contributed by atoms with Crippen molar-refractivity contribution in [1.29, 1.82) is 5.26 Å². The summed E-state index contributed by atoms with van der Waals surface area (Å²) in [6.07, 6.45) is 0.00870. The fourth-order valence-corrected chi connectivity index (χ4v) is 2.07. The Labute approximate surface area is 161 Å². The summed E-state index contributed by atoms with van der Waals surface area (Å²) in [6, 6.07) is 8.57. The lowest BCUT2D eigenvalue weighted by Crippen LogP contribution is -2.58. The SMILES string of the molecule is CC[C@H](COc1ccc(C#N)cc1)NC(=O)C(C)(C)NC(=O)OC(C)(C)C. The predicted octanol–water partition coefficient (Wildman–Crippen LogP) is 3.14. The number of rotatable bonds is 7. The number of amides is 2. The Morgan fingerprint density at radius 2 is 1.74 bits per heavy atom. The second-order valence-electron chi connectivity index (χ2n) is 7.78. The van der Waals surface area contributed by atoms with E-state index in [-0.39, 0.29) is 18.6 Å². The number of ether oxygens (including phenoxy) is 2. The second kappa shape index (κ2) is 9.26. The maximum atomic E-state index is 12.6. The van der Waals surface area contributed by atoms with Gasteiger partial charge in [0.1, 0.15) is 23.5 Å². The number of nitriles is 1. The summed E-state index contributed by atoms with van der Waals surface area (Å²) in [7, 11) is 0. The summed E-state index contributed by atoms with van der Waals surface area (Å²) in [6.45, 7) is 10.7. The second-order valence-corrected chi connectivity index (χ2v) is 7.78. The lowest BCUT2D eigenvalue weighted by atomic mass is 10.0. The minimum absolute atomic E-state index is 0.229. The van der Waals surface area contributed by atoms with Crippen LogP contribution in [0.15, 0.2) is 24.3 Å². The Bertz CT molecular complexity index is 685. The third-order valence-electron chi connectivity index (χ3n) is 3.64. The van der Waals surface area contributed by atoms with Crippen LogP contribution in [0.2, 0.25) is 0 Å². The molecule has 1 rings (SSSR count). The normalized spacial score (nSPS) is 12.5. The van der Waals surface area contributed by atoms with Crippen molar-refractivity contribution in [2.45, 2.75) is 65.1 Å². The average Bonchev–Trinajstić information content (AvgIpc) is 2.56. The molecule has 148 valence electrons. The Morgan fingerprint density at radius 1 is 1.15 bits per heavy atom.